The van der Waals surface area contributed by atoms with E-state index in [1.54, 1.807) is 36.1 Å². The molecule has 2 aromatic carbocycles. The van der Waals surface area contributed by atoms with Crippen LogP contribution in [0.5, 0.6) is 5.75 Å². The molecule has 0 saturated carbocycles. The van der Waals surface area contributed by atoms with E-state index in [0.717, 1.165) is 11.1 Å². The molecule has 2 aliphatic rings. The number of hydrogen-bond donors (Lipinski definition) is 2. The first-order valence-electron chi connectivity index (χ1n) is 9.58. The lowest BCUT2D eigenvalue weighted by Gasteiger charge is -2.31. The fourth-order valence-electron chi connectivity index (χ4n) is 3.81. The molecule has 2 aromatic rings. The Bertz CT molecular complexity index is 1100. The minimum absolute atomic E-state index is 0.0264. The van der Waals surface area contributed by atoms with Crippen molar-refractivity contribution in [2.24, 2.45) is 0 Å². The Morgan fingerprint density at radius 2 is 1.90 bits per heavy atom. The van der Waals surface area contributed by atoms with Gasteiger partial charge < -0.3 is 15.0 Å². The number of urea groups is 1. The number of rotatable bonds is 5. The molecule has 152 valence electrons. The van der Waals surface area contributed by atoms with Crippen molar-refractivity contribution in [1.29, 1.82) is 0 Å². The topological polar surface area (TPSA) is 87.7 Å². The zero-order valence-electron chi connectivity index (χ0n) is 16.7. The van der Waals surface area contributed by atoms with Gasteiger partial charge in [0.25, 0.3) is 11.8 Å². The summed E-state index contributed by atoms with van der Waals surface area (Å²) in [6.45, 7) is 4.34. The molecular formula is C23H21N3O4. The molecule has 4 rings (SSSR count). The van der Waals surface area contributed by atoms with Crippen LogP contribution in [0.2, 0.25) is 0 Å². The van der Waals surface area contributed by atoms with Gasteiger partial charge in [-0.3, -0.25) is 14.9 Å². The van der Waals surface area contributed by atoms with E-state index < -0.39 is 17.5 Å². The number of fused-ring (bicyclic) bond motifs is 1. The number of carbonyl (C=O) groups excluding carboxylic acids is 3. The van der Waals surface area contributed by atoms with Crippen LogP contribution in [-0.2, 0) is 16.9 Å². The zero-order chi connectivity index (χ0) is 21.3. The molecule has 0 aliphatic carbocycles. The molecule has 7 heteroatoms. The van der Waals surface area contributed by atoms with E-state index in [9.17, 15) is 14.4 Å². The van der Waals surface area contributed by atoms with Crippen LogP contribution in [0, 0.1) is 18.8 Å². The van der Waals surface area contributed by atoms with E-state index >= 15 is 0 Å². The van der Waals surface area contributed by atoms with Crippen LogP contribution in [0.15, 0.2) is 42.5 Å². The van der Waals surface area contributed by atoms with Gasteiger partial charge in [-0.2, -0.15) is 0 Å². The summed E-state index contributed by atoms with van der Waals surface area (Å²) in [6.07, 6.45) is 0. The number of ether oxygens (including phenoxy) is 1. The van der Waals surface area contributed by atoms with Gasteiger partial charge in [0.15, 0.2) is 5.54 Å². The van der Waals surface area contributed by atoms with Crippen molar-refractivity contribution in [1.82, 2.24) is 15.5 Å². The summed E-state index contributed by atoms with van der Waals surface area (Å²) in [5.74, 6) is 5.53. The molecule has 0 aromatic heterocycles. The number of nitrogens with zero attached hydrogens (tertiary/aromatic N) is 1. The third-order valence-corrected chi connectivity index (χ3v) is 5.35. The van der Waals surface area contributed by atoms with E-state index in [-0.39, 0.29) is 19.1 Å². The first-order chi connectivity index (χ1) is 14.4. The largest absolute Gasteiger partial charge is 0.481 e. The summed E-state index contributed by atoms with van der Waals surface area (Å²) in [7, 11) is 0. The SMILES string of the molecule is CC#CCOc1ccc([C@]2(CN3Cc4ccc(C)cc4C3=O)NC(=O)NC2=O)cc1. The van der Waals surface area contributed by atoms with E-state index in [2.05, 4.69) is 22.5 Å². The number of imide groups is 1. The van der Waals surface area contributed by atoms with Gasteiger partial charge in [-0.15, -0.1) is 5.92 Å². The molecule has 1 atom stereocenters. The van der Waals surface area contributed by atoms with Crippen LogP contribution in [-0.4, -0.2) is 35.9 Å². The second kappa shape index (κ2) is 7.56. The van der Waals surface area contributed by atoms with Gasteiger partial charge in [-0.25, -0.2) is 4.79 Å². The lowest BCUT2D eigenvalue weighted by molar-refractivity contribution is -0.124. The second-order valence-electron chi connectivity index (χ2n) is 7.38. The van der Waals surface area contributed by atoms with Crippen molar-refractivity contribution >= 4 is 17.8 Å². The van der Waals surface area contributed by atoms with Crippen molar-refractivity contribution in [2.45, 2.75) is 25.9 Å². The van der Waals surface area contributed by atoms with E-state index in [1.165, 1.54) is 0 Å². The highest BCUT2D eigenvalue weighted by Gasteiger charge is 2.50. The highest BCUT2D eigenvalue weighted by Crippen LogP contribution is 2.32. The third-order valence-electron chi connectivity index (χ3n) is 5.35. The molecule has 2 N–H and O–H groups in total. The minimum atomic E-state index is -1.37. The van der Waals surface area contributed by atoms with Gasteiger partial charge in [0.1, 0.15) is 12.4 Å². The highest BCUT2D eigenvalue weighted by atomic mass is 16.5. The molecule has 1 fully saturated rings. The Labute approximate surface area is 174 Å². The van der Waals surface area contributed by atoms with Crippen molar-refractivity contribution in [3.05, 3.63) is 64.7 Å². The van der Waals surface area contributed by atoms with Gasteiger partial charge in [0.05, 0.1) is 6.54 Å². The van der Waals surface area contributed by atoms with E-state index in [4.69, 9.17) is 4.74 Å². The summed E-state index contributed by atoms with van der Waals surface area (Å²) < 4.78 is 5.52. The molecule has 0 bridgehead atoms. The molecule has 2 aliphatic heterocycles. The second-order valence-corrected chi connectivity index (χ2v) is 7.38. The lowest BCUT2D eigenvalue weighted by Crippen LogP contribution is -2.52. The maximum atomic E-state index is 12.9. The quantitative estimate of drug-likeness (QED) is 0.591. The molecule has 4 amide bonds. The van der Waals surface area contributed by atoms with E-state index in [1.807, 2.05) is 25.1 Å². The van der Waals surface area contributed by atoms with Gasteiger partial charge in [-0.1, -0.05) is 35.7 Å². The van der Waals surface area contributed by atoms with Gasteiger partial charge in [0.2, 0.25) is 0 Å². The summed E-state index contributed by atoms with van der Waals surface area (Å²) in [6, 6.07) is 12.0. The summed E-state index contributed by atoms with van der Waals surface area (Å²) >= 11 is 0. The minimum Gasteiger partial charge on any atom is -0.481 e. The van der Waals surface area contributed by atoms with Crippen molar-refractivity contribution in [3.63, 3.8) is 0 Å². The normalized spacial score (nSPS) is 19.7. The zero-order valence-corrected chi connectivity index (χ0v) is 16.7. The van der Waals surface area contributed by atoms with Gasteiger partial charge >= 0.3 is 6.03 Å². The van der Waals surface area contributed by atoms with Gasteiger partial charge in [-0.05, 0) is 43.2 Å². The van der Waals surface area contributed by atoms with Crippen LogP contribution in [0.25, 0.3) is 0 Å². The Morgan fingerprint density at radius 1 is 1.13 bits per heavy atom. The molecule has 1 saturated heterocycles. The maximum absolute atomic E-state index is 12.9. The fraction of sp³-hybridized carbons (Fsp3) is 0.261. The van der Waals surface area contributed by atoms with Crippen molar-refractivity contribution in [3.8, 4) is 17.6 Å². The number of amides is 4. The van der Waals surface area contributed by atoms with Crippen molar-refractivity contribution < 1.29 is 19.1 Å². The number of nitrogens with one attached hydrogen (secondary N) is 2. The number of hydrogen-bond acceptors (Lipinski definition) is 4. The summed E-state index contributed by atoms with van der Waals surface area (Å²) in [4.78, 5) is 39.4. The molecule has 0 spiro atoms. The maximum Gasteiger partial charge on any atom is 0.322 e. The van der Waals surface area contributed by atoms with Crippen LogP contribution in [0.1, 0.15) is 34.0 Å². The molecule has 7 nitrogen and oxygen atoms in total. The average Bonchev–Trinajstić information content (AvgIpc) is 3.19. The van der Waals surface area contributed by atoms with Crippen LogP contribution in [0.3, 0.4) is 0 Å². The Morgan fingerprint density at radius 3 is 2.57 bits per heavy atom. The van der Waals surface area contributed by atoms with Gasteiger partial charge in [0, 0.05) is 12.1 Å². The first kappa shape index (κ1) is 19.5. The van der Waals surface area contributed by atoms with Crippen LogP contribution >= 0.6 is 0 Å². The summed E-state index contributed by atoms with van der Waals surface area (Å²) in [5, 5.41) is 5.04. The Kier molecular flexibility index (Phi) is 4.92. The van der Waals surface area contributed by atoms with E-state index in [0.29, 0.717) is 23.4 Å². The molecular weight excluding hydrogens is 382 g/mol. The molecule has 0 unspecified atom stereocenters. The average molecular weight is 403 g/mol. The predicted molar refractivity (Wildman–Crippen MR) is 110 cm³/mol. The summed E-state index contributed by atoms with van der Waals surface area (Å²) in [5.41, 5.74) is 1.74. The Hall–Kier alpha value is -3.79. The van der Waals surface area contributed by atoms with Crippen molar-refractivity contribution in [2.75, 3.05) is 13.2 Å². The smallest absolute Gasteiger partial charge is 0.322 e. The molecule has 2 heterocycles. The predicted octanol–water partition coefficient (Wildman–Crippen LogP) is 2.09. The third kappa shape index (κ3) is 3.37. The van der Waals surface area contributed by atoms with Crippen LogP contribution in [0.4, 0.5) is 4.79 Å². The standard InChI is InChI=1S/C23H21N3O4/c1-3-4-11-30-18-9-7-17(8-10-18)23(21(28)24-22(29)25-23)14-26-13-16-6-5-15(2)12-19(16)20(26)27/h5-10,12H,11,13-14H2,1-2H3,(H2,24,25,28,29)/t23-/m0/s1. The molecule has 0 radical (unpaired) electrons. The Balaban J connectivity index is 1.63. The monoisotopic (exact) mass is 403 g/mol. The number of aryl methyl sites for hydroxylation is 1. The lowest BCUT2D eigenvalue weighted by atomic mass is 9.89. The fourth-order valence-corrected chi connectivity index (χ4v) is 3.81. The number of benzene rings is 2. The highest BCUT2D eigenvalue weighted by molar-refractivity contribution is 6.08. The first-order valence-corrected chi connectivity index (χ1v) is 9.58. The molecule has 30 heavy (non-hydrogen) atoms. The van der Waals surface area contributed by atoms with Crippen LogP contribution < -0.4 is 15.4 Å². The number of carbonyl (C=O) groups is 3.